The van der Waals surface area contributed by atoms with Gasteiger partial charge in [-0.1, -0.05) is 57.9 Å². The molecular formula is C23H22BrNO4S. The van der Waals surface area contributed by atoms with E-state index in [9.17, 15) is 8.42 Å². The van der Waals surface area contributed by atoms with Crippen molar-refractivity contribution in [2.24, 2.45) is 0 Å². The summed E-state index contributed by atoms with van der Waals surface area (Å²) < 4.78 is 40.8. The lowest BCUT2D eigenvalue weighted by Crippen LogP contribution is -2.26. The van der Waals surface area contributed by atoms with Crippen LogP contribution in [-0.2, 0) is 19.5 Å². The number of halogens is 1. The molecule has 0 unspecified atom stereocenters. The fourth-order valence-electron chi connectivity index (χ4n) is 3.39. The maximum atomic E-state index is 12.6. The zero-order valence-electron chi connectivity index (χ0n) is 16.4. The van der Waals surface area contributed by atoms with Crippen LogP contribution >= 0.6 is 15.9 Å². The summed E-state index contributed by atoms with van der Waals surface area (Å²) in [6.45, 7) is 2.96. The molecule has 2 atom stereocenters. The topological polar surface area (TPSA) is 64.6 Å². The van der Waals surface area contributed by atoms with Crippen LogP contribution in [-0.4, -0.2) is 21.6 Å². The van der Waals surface area contributed by atoms with Crippen LogP contribution in [0.5, 0.6) is 0 Å². The SMILES string of the molecule is Cc1ccc(S(=O)(=O)Nc2ccc([C@H]3OCCO[C@@H]3c3ccc(Br)cc3)cc2)cc1. The predicted octanol–water partition coefficient (Wildman–Crippen LogP) is 5.39. The molecule has 5 nitrogen and oxygen atoms in total. The summed E-state index contributed by atoms with van der Waals surface area (Å²) in [6, 6.07) is 22.0. The Morgan fingerprint density at radius 2 is 1.30 bits per heavy atom. The van der Waals surface area contributed by atoms with Crippen LogP contribution in [0.3, 0.4) is 0 Å². The molecule has 3 aromatic carbocycles. The minimum Gasteiger partial charge on any atom is -0.368 e. The highest BCUT2D eigenvalue weighted by Gasteiger charge is 2.30. The molecule has 7 heteroatoms. The zero-order valence-corrected chi connectivity index (χ0v) is 18.8. The van der Waals surface area contributed by atoms with E-state index in [2.05, 4.69) is 20.7 Å². The Bertz CT molecular complexity index is 1100. The molecule has 1 fully saturated rings. The second-order valence-corrected chi connectivity index (χ2v) is 9.77. The minimum absolute atomic E-state index is 0.220. The Hall–Kier alpha value is -2.19. The molecule has 1 heterocycles. The average Bonchev–Trinajstić information content (AvgIpc) is 2.75. The first-order valence-corrected chi connectivity index (χ1v) is 11.9. The van der Waals surface area contributed by atoms with E-state index in [0.717, 1.165) is 21.2 Å². The summed E-state index contributed by atoms with van der Waals surface area (Å²) in [7, 11) is -3.64. The number of hydrogen-bond donors (Lipinski definition) is 1. The Balaban J connectivity index is 1.53. The Morgan fingerprint density at radius 3 is 1.83 bits per heavy atom. The average molecular weight is 488 g/mol. The molecule has 0 aromatic heterocycles. The summed E-state index contributed by atoms with van der Waals surface area (Å²) in [5, 5.41) is 0. The van der Waals surface area contributed by atoms with Crippen molar-refractivity contribution in [3.63, 3.8) is 0 Å². The normalized spacial score (nSPS) is 19.4. The monoisotopic (exact) mass is 487 g/mol. The molecule has 0 amide bonds. The quantitative estimate of drug-likeness (QED) is 0.523. The molecule has 0 bridgehead atoms. The molecule has 0 saturated carbocycles. The van der Waals surface area contributed by atoms with E-state index in [0.29, 0.717) is 18.9 Å². The Kier molecular flexibility index (Phi) is 6.24. The molecule has 3 aromatic rings. The summed E-state index contributed by atoms with van der Waals surface area (Å²) in [6.07, 6.45) is -0.482. The molecule has 30 heavy (non-hydrogen) atoms. The zero-order chi connectivity index (χ0) is 21.1. The van der Waals surface area contributed by atoms with Gasteiger partial charge in [-0.25, -0.2) is 8.42 Å². The second-order valence-electron chi connectivity index (χ2n) is 7.17. The maximum Gasteiger partial charge on any atom is 0.261 e. The van der Waals surface area contributed by atoms with Gasteiger partial charge in [0.2, 0.25) is 0 Å². The van der Waals surface area contributed by atoms with Gasteiger partial charge in [0.1, 0.15) is 12.2 Å². The van der Waals surface area contributed by atoms with Crippen LogP contribution in [0.2, 0.25) is 0 Å². The number of benzene rings is 3. The molecule has 0 radical (unpaired) electrons. The maximum absolute atomic E-state index is 12.6. The van der Waals surface area contributed by atoms with Gasteiger partial charge in [0.25, 0.3) is 10.0 Å². The van der Waals surface area contributed by atoms with E-state index < -0.39 is 10.0 Å². The third-order valence-electron chi connectivity index (χ3n) is 4.97. The van der Waals surface area contributed by atoms with Crippen molar-refractivity contribution in [1.82, 2.24) is 0 Å². The molecule has 1 saturated heterocycles. The van der Waals surface area contributed by atoms with E-state index in [-0.39, 0.29) is 17.1 Å². The van der Waals surface area contributed by atoms with Crippen molar-refractivity contribution in [3.05, 3.63) is 94.0 Å². The van der Waals surface area contributed by atoms with Gasteiger partial charge in [-0.05, 0) is 54.4 Å². The van der Waals surface area contributed by atoms with E-state index >= 15 is 0 Å². The first kappa shape index (κ1) is 21.1. The van der Waals surface area contributed by atoms with Crippen molar-refractivity contribution in [2.75, 3.05) is 17.9 Å². The standard InChI is InChI=1S/C23H22BrNO4S/c1-16-2-12-21(13-3-16)30(26,27)25-20-10-6-18(7-11-20)23-22(28-14-15-29-23)17-4-8-19(24)9-5-17/h2-13,22-23,25H,14-15H2,1H3/t22-,23-/m1/s1. The number of sulfonamides is 1. The van der Waals surface area contributed by atoms with E-state index in [1.54, 1.807) is 36.4 Å². The van der Waals surface area contributed by atoms with Crippen LogP contribution in [0.25, 0.3) is 0 Å². The lowest BCUT2D eigenvalue weighted by Gasteiger charge is -2.32. The van der Waals surface area contributed by atoms with Gasteiger partial charge in [-0.2, -0.15) is 0 Å². The van der Waals surface area contributed by atoms with E-state index in [4.69, 9.17) is 9.47 Å². The Morgan fingerprint density at radius 1 is 0.800 bits per heavy atom. The number of rotatable bonds is 5. The fraction of sp³-hybridized carbons (Fsp3) is 0.217. The fourth-order valence-corrected chi connectivity index (χ4v) is 4.71. The number of aryl methyl sites for hydroxylation is 1. The van der Waals surface area contributed by atoms with Crippen molar-refractivity contribution >= 4 is 31.6 Å². The lowest BCUT2D eigenvalue weighted by atomic mass is 9.97. The van der Waals surface area contributed by atoms with Gasteiger partial charge in [0.05, 0.1) is 18.1 Å². The highest BCUT2D eigenvalue weighted by Crippen LogP contribution is 2.38. The largest absolute Gasteiger partial charge is 0.368 e. The summed E-state index contributed by atoms with van der Waals surface area (Å²) in [5.74, 6) is 0. The molecule has 156 valence electrons. The molecule has 1 aliphatic heterocycles. The summed E-state index contributed by atoms with van der Waals surface area (Å²) in [4.78, 5) is 0.233. The van der Waals surface area contributed by atoms with Gasteiger partial charge >= 0.3 is 0 Å². The highest BCUT2D eigenvalue weighted by molar-refractivity contribution is 9.10. The lowest BCUT2D eigenvalue weighted by molar-refractivity contribution is -0.145. The second kappa shape index (κ2) is 8.89. The van der Waals surface area contributed by atoms with Crippen LogP contribution in [0.15, 0.2) is 82.2 Å². The highest BCUT2D eigenvalue weighted by atomic mass is 79.9. The summed E-state index contributed by atoms with van der Waals surface area (Å²) in [5.41, 5.74) is 3.47. The first-order valence-electron chi connectivity index (χ1n) is 9.60. The van der Waals surface area contributed by atoms with E-state index in [1.807, 2.05) is 43.3 Å². The molecule has 1 N–H and O–H groups in total. The van der Waals surface area contributed by atoms with Crippen LogP contribution < -0.4 is 4.72 Å². The van der Waals surface area contributed by atoms with Crippen molar-refractivity contribution in [1.29, 1.82) is 0 Å². The number of anilines is 1. The first-order chi connectivity index (χ1) is 14.4. The smallest absolute Gasteiger partial charge is 0.261 e. The third kappa shape index (κ3) is 4.75. The summed E-state index contributed by atoms with van der Waals surface area (Å²) >= 11 is 3.45. The molecule has 4 rings (SSSR count). The van der Waals surface area contributed by atoms with Gasteiger partial charge in [-0.15, -0.1) is 0 Å². The number of hydrogen-bond acceptors (Lipinski definition) is 4. The Labute approximate surface area is 185 Å². The van der Waals surface area contributed by atoms with Crippen LogP contribution in [0.1, 0.15) is 28.9 Å². The van der Waals surface area contributed by atoms with Crippen molar-refractivity contribution in [2.45, 2.75) is 24.0 Å². The number of nitrogens with one attached hydrogen (secondary N) is 1. The van der Waals surface area contributed by atoms with Crippen LogP contribution in [0.4, 0.5) is 5.69 Å². The minimum atomic E-state index is -3.64. The van der Waals surface area contributed by atoms with Crippen molar-refractivity contribution in [3.8, 4) is 0 Å². The number of ether oxygens (including phenoxy) is 2. The van der Waals surface area contributed by atoms with Crippen LogP contribution in [0, 0.1) is 6.92 Å². The van der Waals surface area contributed by atoms with Gasteiger partial charge in [-0.3, -0.25) is 4.72 Å². The predicted molar refractivity (Wildman–Crippen MR) is 120 cm³/mol. The van der Waals surface area contributed by atoms with Gasteiger partial charge in [0, 0.05) is 10.2 Å². The molecule has 0 aliphatic carbocycles. The molecule has 1 aliphatic rings. The molecule has 0 spiro atoms. The van der Waals surface area contributed by atoms with E-state index in [1.165, 1.54) is 0 Å². The third-order valence-corrected chi connectivity index (χ3v) is 6.90. The van der Waals surface area contributed by atoms with Gasteiger partial charge in [0.15, 0.2) is 0 Å². The van der Waals surface area contributed by atoms with Crippen molar-refractivity contribution < 1.29 is 17.9 Å². The van der Waals surface area contributed by atoms with Gasteiger partial charge < -0.3 is 9.47 Å². The molecular weight excluding hydrogens is 466 g/mol.